The molecule has 1 aliphatic heterocycles. The Morgan fingerprint density at radius 2 is 2.43 bits per heavy atom. The standard InChI is InChI=1S/C11H17N3/c1-9-3-4-13-11(7-9)14-6-5-12-10(2)8-14/h3-4,7,10,12H,5-6,8H2,1-2H3/t10-/m1/s1. The van der Waals surface area contributed by atoms with Gasteiger partial charge in [-0.15, -0.1) is 0 Å². The highest BCUT2D eigenvalue weighted by Gasteiger charge is 2.16. The molecule has 1 atom stereocenters. The molecule has 1 aromatic heterocycles. The predicted octanol–water partition coefficient (Wildman–Crippen LogP) is 1.19. The van der Waals surface area contributed by atoms with Crippen molar-refractivity contribution in [2.75, 3.05) is 24.5 Å². The lowest BCUT2D eigenvalue weighted by molar-refractivity contribution is 0.482. The van der Waals surface area contributed by atoms with Gasteiger partial charge in [0.1, 0.15) is 5.82 Å². The molecule has 3 nitrogen and oxygen atoms in total. The number of pyridine rings is 1. The second-order valence-corrected chi connectivity index (χ2v) is 3.99. The molecule has 3 heteroatoms. The van der Waals surface area contributed by atoms with Crippen LogP contribution in [0.5, 0.6) is 0 Å². The van der Waals surface area contributed by atoms with E-state index in [2.05, 4.69) is 35.1 Å². The van der Waals surface area contributed by atoms with Crippen molar-refractivity contribution >= 4 is 5.82 Å². The number of hydrogen-bond donors (Lipinski definition) is 1. The normalized spacial score (nSPS) is 22.4. The first kappa shape index (κ1) is 9.46. The molecule has 0 amide bonds. The number of nitrogens with one attached hydrogen (secondary N) is 1. The largest absolute Gasteiger partial charge is 0.354 e. The van der Waals surface area contributed by atoms with Gasteiger partial charge in [0.2, 0.25) is 0 Å². The Bertz CT molecular complexity index is 311. The maximum atomic E-state index is 4.40. The summed E-state index contributed by atoms with van der Waals surface area (Å²) in [6.45, 7) is 7.48. The summed E-state index contributed by atoms with van der Waals surface area (Å²) in [5.41, 5.74) is 1.28. The van der Waals surface area contributed by atoms with Crippen LogP contribution in [0, 0.1) is 6.92 Å². The predicted molar refractivity (Wildman–Crippen MR) is 58.7 cm³/mol. The Hall–Kier alpha value is -1.09. The van der Waals surface area contributed by atoms with E-state index in [1.165, 1.54) is 5.56 Å². The summed E-state index contributed by atoms with van der Waals surface area (Å²) in [5, 5.41) is 3.43. The zero-order valence-electron chi connectivity index (χ0n) is 8.83. The van der Waals surface area contributed by atoms with Gasteiger partial charge < -0.3 is 10.2 Å². The van der Waals surface area contributed by atoms with Crippen molar-refractivity contribution < 1.29 is 0 Å². The van der Waals surface area contributed by atoms with E-state index in [4.69, 9.17) is 0 Å². The molecule has 1 fully saturated rings. The Kier molecular flexibility index (Phi) is 2.68. The van der Waals surface area contributed by atoms with Crippen molar-refractivity contribution in [1.29, 1.82) is 0 Å². The summed E-state index contributed by atoms with van der Waals surface area (Å²) >= 11 is 0. The molecule has 2 rings (SSSR count). The molecule has 0 saturated carbocycles. The highest BCUT2D eigenvalue weighted by Crippen LogP contribution is 2.13. The minimum atomic E-state index is 0.561. The van der Waals surface area contributed by atoms with Crippen LogP contribution in [0.1, 0.15) is 12.5 Å². The van der Waals surface area contributed by atoms with E-state index in [-0.39, 0.29) is 0 Å². The average molecular weight is 191 g/mol. The van der Waals surface area contributed by atoms with Gasteiger partial charge in [-0.05, 0) is 31.5 Å². The van der Waals surface area contributed by atoms with Crippen molar-refractivity contribution in [1.82, 2.24) is 10.3 Å². The summed E-state index contributed by atoms with van der Waals surface area (Å²) < 4.78 is 0. The maximum Gasteiger partial charge on any atom is 0.128 e. The highest BCUT2D eigenvalue weighted by molar-refractivity contribution is 5.41. The maximum absolute atomic E-state index is 4.40. The molecule has 1 aliphatic rings. The lowest BCUT2D eigenvalue weighted by Crippen LogP contribution is -2.49. The lowest BCUT2D eigenvalue weighted by atomic mass is 10.2. The molecule has 0 unspecified atom stereocenters. The summed E-state index contributed by atoms with van der Waals surface area (Å²) in [4.78, 5) is 6.74. The first-order chi connectivity index (χ1) is 6.75. The molecule has 0 radical (unpaired) electrons. The van der Waals surface area contributed by atoms with E-state index in [9.17, 15) is 0 Å². The van der Waals surface area contributed by atoms with E-state index in [1.807, 2.05) is 12.3 Å². The lowest BCUT2D eigenvalue weighted by Gasteiger charge is -2.32. The number of piperazine rings is 1. The van der Waals surface area contributed by atoms with E-state index < -0.39 is 0 Å². The second-order valence-electron chi connectivity index (χ2n) is 3.99. The summed E-state index contributed by atoms with van der Waals surface area (Å²) in [5.74, 6) is 1.11. The fourth-order valence-electron chi connectivity index (χ4n) is 1.83. The van der Waals surface area contributed by atoms with E-state index >= 15 is 0 Å². The Morgan fingerprint density at radius 3 is 3.14 bits per heavy atom. The fraction of sp³-hybridized carbons (Fsp3) is 0.545. The highest BCUT2D eigenvalue weighted by atomic mass is 15.2. The summed E-state index contributed by atoms with van der Waals surface area (Å²) in [7, 11) is 0. The summed E-state index contributed by atoms with van der Waals surface area (Å²) in [6.07, 6.45) is 1.89. The summed E-state index contributed by atoms with van der Waals surface area (Å²) in [6, 6.07) is 4.75. The van der Waals surface area contributed by atoms with Gasteiger partial charge >= 0.3 is 0 Å². The van der Waals surface area contributed by atoms with Crippen LogP contribution in [-0.4, -0.2) is 30.7 Å². The van der Waals surface area contributed by atoms with Crippen LogP contribution < -0.4 is 10.2 Å². The molecular formula is C11H17N3. The van der Waals surface area contributed by atoms with Gasteiger partial charge in [0, 0.05) is 31.9 Å². The topological polar surface area (TPSA) is 28.2 Å². The van der Waals surface area contributed by atoms with E-state index in [1.54, 1.807) is 0 Å². The molecule has 1 saturated heterocycles. The Balaban J connectivity index is 2.14. The minimum Gasteiger partial charge on any atom is -0.354 e. The molecule has 0 aromatic carbocycles. The van der Waals surface area contributed by atoms with Crippen LogP contribution in [-0.2, 0) is 0 Å². The van der Waals surface area contributed by atoms with Crippen LogP contribution >= 0.6 is 0 Å². The average Bonchev–Trinajstić information content (AvgIpc) is 2.18. The molecule has 0 spiro atoms. The third-order valence-electron chi connectivity index (χ3n) is 2.59. The van der Waals surface area contributed by atoms with Crippen molar-refractivity contribution in [3.63, 3.8) is 0 Å². The van der Waals surface area contributed by atoms with Gasteiger partial charge in [-0.2, -0.15) is 0 Å². The molecular weight excluding hydrogens is 174 g/mol. The number of anilines is 1. The second kappa shape index (κ2) is 3.96. The minimum absolute atomic E-state index is 0.561. The van der Waals surface area contributed by atoms with Crippen LogP contribution in [0.2, 0.25) is 0 Å². The fourth-order valence-corrected chi connectivity index (χ4v) is 1.83. The quantitative estimate of drug-likeness (QED) is 0.722. The van der Waals surface area contributed by atoms with Gasteiger partial charge in [-0.1, -0.05) is 0 Å². The van der Waals surface area contributed by atoms with Crippen LogP contribution in [0.15, 0.2) is 18.3 Å². The number of hydrogen-bond acceptors (Lipinski definition) is 3. The molecule has 1 aromatic rings. The zero-order chi connectivity index (χ0) is 9.97. The van der Waals surface area contributed by atoms with Crippen molar-refractivity contribution in [2.24, 2.45) is 0 Å². The van der Waals surface area contributed by atoms with Gasteiger partial charge in [0.25, 0.3) is 0 Å². The van der Waals surface area contributed by atoms with Crippen LogP contribution in [0.25, 0.3) is 0 Å². The smallest absolute Gasteiger partial charge is 0.128 e. The van der Waals surface area contributed by atoms with Crippen molar-refractivity contribution in [2.45, 2.75) is 19.9 Å². The third-order valence-corrected chi connectivity index (χ3v) is 2.59. The molecule has 1 N–H and O–H groups in total. The number of rotatable bonds is 1. The zero-order valence-corrected chi connectivity index (χ0v) is 8.83. The first-order valence-electron chi connectivity index (χ1n) is 5.17. The third kappa shape index (κ3) is 2.04. The number of nitrogens with zero attached hydrogens (tertiary/aromatic N) is 2. The monoisotopic (exact) mass is 191 g/mol. The molecule has 2 heterocycles. The molecule has 0 bridgehead atoms. The number of aryl methyl sites for hydroxylation is 1. The Morgan fingerprint density at radius 1 is 1.57 bits per heavy atom. The Labute approximate surface area is 85.1 Å². The van der Waals surface area contributed by atoms with E-state index in [0.29, 0.717) is 6.04 Å². The van der Waals surface area contributed by atoms with Crippen molar-refractivity contribution in [3.8, 4) is 0 Å². The molecule has 76 valence electrons. The molecule has 14 heavy (non-hydrogen) atoms. The SMILES string of the molecule is Cc1ccnc(N2CCN[C@H](C)C2)c1. The number of aromatic nitrogens is 1. The molecule has 0 aliphatic carbocycles. The van der Waals surface area contributed by atoms with E-state index in [0.717, 1.165) is 25.5 Å². The van der Waals surface area contributed by atoms with Gasteiger partial charge in [0.15, 0.2) is 0 Å². The first-order valence-corrected chi connectivity index (χ1v) is 5.17. The van der Waals surface area contributed by atoms with Gasteiger partial charge in [0.05, 0.1) is 0 Å². The van der Waals surface area contributed by atoms with Gasteiger partial charge in [-0.3, -0.25) is 0 Å². The van der Waals surface area contributed by atoms with Crippen molar-refractivity contribution in [3.05, 3.63) is 23.9 Å². The van der Waals surface area contributed by atoms with Crippen LogP contribution in [0.4, 0.5) is 5.82 Å². The van der Waals surface area contributed by atoms with Gasteiger partial charge in [-0.25, -0.2) is 4.98 Å². The van der Waals surface area contributed by atoms with Crippen LogP contribution in [0.3, 0.4) is 0 Å².